The highest BCUT2D eigenvalue weighted by molar-refractivity contribution is 5.86. The number of benzene rings is 1. The van der Waals surface area contributed by atoms with Crippen LogP contribution in [0.5, 0.6) is 0 Å². The summed E-state index contributed by atoms with van der Waals surface area (Å²) in [4.78, 5) is 38.8. The molecule has 1 saturated heterocycles. The second-order valence-corrected chi connectivity index (χ2v) is 6.06. The van der Waals surface area contributed by atoms with Gasteiger partial charge < -0.3 is 19.9 Å². The van der Waals surface area contributed by atoms with Gasteiger partial charge >= 0.3 is 0 Å². The smallest absolute Gasteiger partial charge is 0.251 e. The van der Waals surface area contributed by atoms with Gasteiger partial charge in [0.25, 0.3) is 5.91 Å². The topological polar surface area (TPSA) is 79.0 Å². The van der Waals surface area contributed by atoms with E-state index in [-0.39, 0.29) is 31.4 Å². The van der Waals surface area contributed by atoms with Crippen LogP contribution >= 0.6 is 0 Å². The van der Waals surface area contributed by atoms with Crippen LogP contribution in [0, 0.1) is 5.82 Å². The van der Waals surface area contributed by atoms with Gasteiger partial charge in [-0.05, 0) is 17.7 Å². The van der Waals surface area contributed by atoms with Gasteiger partial charge in [-0.25, -0.2) is 4.39 Å². The molecule has 0 aromatic heterocycles. The lowest BCUT2D eigenvalue weighted by Gasteiger charge is -2.38. The van der Waals surface area contributed by atoms with E-state index < -0.39 is 23.9 Å². The monoisotopic (exact) mass is 351 g/mol. The Balaban J connectivity index is 2.10. The number of rotatable bonds is 5. The number of nitrogens with one attached hydrogen (secondary N) is 1. The fourth-order valence-corrected chi connectivity index (χ4v) is 2.61. The third-order valence-corrected chi connectivity index (χ3v) is 4.09. The number of ether oxygens (including phenoxy) is 1. The van der Waals surface area contributed by atoms with E-state index in [0.717, 1.165) is 0 Å². The lowest BCUT2D eigenvalue weighted by atomic mass is 9.97. The molecule has 1 aliphatic rings. The van der Waals surface area contributed by atoms with Crippen LogP contribution in [0.4, 0.5) is 4.39 Å². The lowest BCUT2D eigenvalue weighted by Crippen LogP contribution is -2.53. The maximum Gasteiger partial charge on any atom is 0.251 e. The van der Waals surface area contributed by atoms with Gasteiger partial charge in [0.1, 0.15) is 12.4 Å². The van der Waals surface area contributed by atoms with Crippen LogP contribution in [0.1, 0.15) is 18.0 Å². The van der Waals surface area contributed by atoms with Crippen LogP contribution in [0.3, 0.4) is 0 Å². The van der Waals surface area contributed by atoms with Gasteiger partial charge in [-0.1, -0.05) is 12.1 Å². The number of carbonyl (C=O) groups is 3. The van der Waals surface area contributed by atoms with Crippen molar-refractivity contribution in [3.63, 3.8) is 0 Å². The third kappa shape index (κ3) is 4.54. The summed E-state index contributed by atoms with van der Waals surface area (Å²) in [6, 6.07) is 4.93. The van der Waals surface area contributed by atoms with E-state index >= 15 is 0 Å². The standard InChI is InChI=1S/C17H22FN3O4/c1-20(2)13(22)8-9-19-17(24)16-15(21(3)14(23)10-25-16)11-4-6-12(18)7-5-11/h4-7,15-16H,8-10H2,1-3H3,(H,19,24). The average Bonchev–Trinajstić information content (AvgIpc) is 2.57. The predicted octanol–water partition coefficient (Wildman–Crippen LogP) is 0.319. The minimum Gasteiger partial charge on any atom is -0.356 e. The van der Waals surface area contributed by atoms with Crippen LogP contribution in [0.15, 0.2) is 24.3 Å². The van der Waals surface area contributed by atoms with Gasteiger partial charge in [-0.2, -0.15) is 0 Å². The Kier molecular flexibility index (Phi) is 6.08. The number of hydrogen-bond acceptors (Lipinski definition) is 4. The fraction of sp³-hybridized carbons (Fsp3) is 0.471. The molecule has 7 nitrogen and oxygen atoms in total. The second-order valence-electron chi connectivity index (χ2n) is 6.06. The lowest BCUT2D eigenvalue weighted by molar-refractivity contribution is -0.162. The number of halogens is 1. The van der Waals surface area contributed by atoms with Crippen molar-refractivity contribution in [1.82, 2.24) is 15.1 Å². The Hall–Kier alpha value is -2.48. The zero-order chi connectivity index (χ0) is 18.6. The number of amides is 3. The van der Waals surface area contributed by atoms with E-state index in [1.807, 2.05) is 0 Å². The summed E-state index contributed by atoms with van der Waals surface area (Å²) in [5.74, 6) is -1.19. The van der Waals surface area contributed by atoms with Crippen molar-refractivity contribution in [1.29, 1.82) is 0 Å². The molecule has 0 aliphatic carbocycles. The quantitative estimate of drug-likeness (QED) is 0.829. The van der Waals surface area contributed by atoms with Gasteiger partial charge in [-0.3, -0.25) is 14.4 Å². The van der Waals surface area contributed by atoms with E-state index in [4.69, 9.17) is 4.74 Å². The summed E-state index contributed by atoms with van der Waals surface area (Å²) in [7, 11) is 4.85. The third-order valence-electron chi connectivity index (χ3n) is 4.09. The highest BCUT2D eigenvalue weighted by Crippen LogP contribution is 2.29. The van der Waals surface area contributed by atoms with E-state index in [1.165, 1.54) is 34.1 Å². The molecule has 3 amide bonds. The molecule has 1 aromatic carbocycles. The van der Waals surface area contributed by atoms with Crippen molar-refractivity contribution in [3.8, 4) is 0 Å². The summed E-state index contributed by atoms with van der Waals surface area (Å²) in [6.45, 7) is -0.0353. The SMILES string of the molecule is CN(C)C(=O)CCNC(=O)C1OCC(=O)N(C)C1c1ccc(F)cc1. The summed E-state index contributed by atoms with van der Waals surface area (Å²) in [6.07, 6.45) is -0.760. The van der Waals surface area contributed by atoms with E-state index in [1.54, 1.807) is 21.1 Å². The molecule has 2 unspecified atom stereocenters. The number of morpholine rings is 1. The summed E-state index contributed by atoms with van der Waals surface area (Å²) >= 11 is 0. The second kappa shape index (κ2) is 8.06. The van der Waals surface area contributed by atoms with Crippen molar-refractivity contribution in [2.45, 2.75) is 18.6 Å². The molecule has 1 N–H and O–H groups in total. The van der Waals surface area contributed by atoms with Crippen molar-refractivity contribution in [3.05, 3.63) is 35.6 Å². The maximum absolute atomic E-state index is 13.2. The molecule has 8 heteroatoms. The zero-order valence-electron chi connectivity index (χ0n) is 14.5. The molecule has 0 saturated carbocycles. The van der Waals surface area contributed by atoms with Crippen LogP contribution in [0.25, 0.3) is 0 Å². The number of nitrogens with zero attached hydrogens (tertiary/aromatic N) is 2. The number of carbonyl (C=O) groups excluding carboxylic acids is 3. The highest BCUT2D eigenvalue weighted by Gasteiger charge is 2.39. The average molecular weight is 351 g/mol. The van der Waals surface area contributed by atoms with Gasteiger partial charge in [-0.15, -0.1) is 0 Å². The van der Waals surface area contributed by atoms with E-state index in [2.05, 4.69) is 5.32 Å². The molecule has 2 atom stereocenters. The molecule has 1 aliphatic heterocycles. The molecule has 0 spiro atoms. The predicted molar refractivity (Wildman–Crippen MR) is 88.0 cm³/mol. The first-order valence-corrected chi connectivity index (χ1v) is 7.92. The Morgan fingerprint density at radius 2 is 1.96 bits per heavy atom. The summed E-state index contributed by atoms with van der Waals surface area (Å²) in [5.41, 5.74) is 0.599. The van der Waals surface area contributed by atoms with Crippen LogP contribution in [-0.2, 0) is 19.1 Å². The number of likely N-dealkylation sites (N-methyl/N-ethyl adjacent to an activating group) is 1. The minimum atomic E-state index is -0.928. The van der Waals surface area contributed by atoms with Gasteiger partial charge in [0.15, 0.2) is 6.10 Å². The molecule has 1 fully saturated rings. The Morgan fingerprint density at radius 1 is 1.32 bits per heavy atom. The molecule has 25 heavy (non-hydrogen) atoms. The molecular formula is C17H22FN3O4. The van der Waals surface area contributed by atoms with Gasteiger partial charge in [0, 0.05) is 34.1 Å². The Labute approximate surface area is 145 Å². The van der Waals surface area contributed by atoms with Crippen molar-refractivity contribution >= 4 is 17.7 Å². The summed E-state index contributed by atoms with van der Waals surface area (Å²) in [5, 5.41) is 2.66. The largest absolute Gasteiger partial charge is 0.356 e. The Morgan fingerprint density at radius 3 is 2.56 bits per heavy atom. The summed E-state index contributed by atoms with van der Waals surface area (Å²) < 4.78 is 18.6. The van der Waals surface area contributed by atoms with E-state index in [9.17, 15) is 18.8 Å². The molecular weight excluding hydrogens is 329 g/mol. The molecule has 0 bridgehead atoms. The fourth-order valence-electron chi connectivity index (χ4n) is 2.61. The van der Waals surface area contributed by atoms with Crippen LogP contribution in [-0.4, -0.2) is 67.9 Å². The first kappa shape index (κ1) is 18.9. The maximum atomic E-state index is 13.2. The normalized spacial score (nSPS) is 20.3. The van der Waals surface area contributed by atoms with Gasteiger partial charge in [0.2, 0.25) is 11.8 Å². The number of hydrogen-bond donors (Lipinski definition) is 1. The first-order valence-electron chi connectivity index (χ1n) is 7.92. The highest BCUT2D eigenvalue weighted by atomic mass is 19.1. The molecule has 2 rings (SSSR count). The Bertz CT molecular complexity index is 648. The van der Waals surface area contributed by atoms with Crippen molar-refractivity contribution < 1.29 is 23.5 Å². The first-order chi connectivity index (χ1) is 11.8. The van der Waals surface area contributed by atoms with Crippen LogP contribution in [0.2, 0.25) is 0 Å². The molecule has 1 aromatic rings. The zero-order valence-corrected chi connectivity index (χ0v) is 14.5. The van der Waals surface area contributed by atoms with Crippen molar-refractivity contribution in [2.24, 2.45) is 0 Å². The van der Waals surface area contributed by atoms with Gasteiger partial charge in [0.05, 0.1) is 6.04 Å². The van der Waals surface area contributed by atoms with E-state index in [0.29, 0.717) is 5.56 Å². The molecule has 0 radical (unpaired) electrons. The minimum absolute atomic E-state index is 0.104. The van der Waals surface area contributed by atoms with Crippen LogP contribution < -0.4 is 5.32 Å². The molecule has 1 heterocycles. The molecule has 136 valence electrons. The van der Waals surface area contributed by atoms with Crippen molar-refractivity contribution in [2.75, 3.05) is 34.3 Å².